The van der Waals surface area contributed by atoms with Crippen LogP contribution in [0.4, 0.5) is 25.0 Å². The van der Waals surface area contributed by atoms with Gasteiger partial charge in [-0.3, -0.25) is 14.5 Å². The third-order valence-corrected chi connectivity index (χ3v) is 8.19. The van der Waals surface area contributed by atoms with Gasteiger partial charge in [0, 0.05) is 17.7 Å². The second-order valence-electron chi connectivity index (χ2n) is 9.00. The number of sulfone groups is 1. The lowest BCUT2D eigenvalue weighted by atomic mass is 9.84. The normalized spacial score (nSPS) is 22.3. The number of hydrogen-bond acceptors (Lipinski definition) is 5. The molecule has 0 saturated carbocycles. The molecule has 0 aromatic heterocycles. The van der Waals surface area contributed by atoms with Crippen LogP contribution in [-0.4, -0.2) is 37.9 Å². The minimum Gasteiger partial charge on any atom is -0.294 e. The molecule has 4 rings (SSSR count). The third-order valence-electron chi connectivity index (χ3n) is 6.22. The minimum atomic E-state index is -3.05. The summed E-state index contributed by atoms with van der Waals surface area (Å²) in [6, 6.07) is 14.9. The first-order chi connectivity index (χ1) is 15.3. The van der Waals surface area contributed by atoms with Crippen LogP contribution in [0.3, 0.4) is 0 Å². The molecule has 1 saturated heterocycles. The molecule has 2 unspecified atom stereocenters. The predicted molar refractivity (Wildman–Crippen MR) is 121 cm³/mol. The maximum absolute atomic E-state index is 13.1. The topological polar surface area (TPSA) is 88.6 Å². The largest absolute Gasteiger partial charge is 0.483 e. The molecule has 0 bridgehead atoms. The Kier molecular flexibility index (Phi) is 6.83. The average Bonchev–Trinajstić information content (AvgIpc) is 3.10. The maximum atomic E-state index is 13.1. The van der Waals surface area contributed by atoms with Gasteiger partial charge in [-0.2, -0.15) is 0 Å². The summed E-state index contributed by atoms with van der Waals surface area (Å²) in [5.41, 5.74) is 2.21. The fourth-order valence-electron chi connectivity index (χ4n) is 4.45. The number of ketones is 1. The van der Waals surface area contributed by atoms with Crippen molar-refractivity contribution in [2.45, 2.75) is 32.6 Å². The molecule has 1 amide bonds. The molecule has 176 valence electrons. The first-order valence-corrected chi connectivity index (χ1v) is 12.3. The van der Waals surface area contributed by atoms with E-state index in [4.69, 9.17) is 4.79 Å². The van der Waals surface area contributed by atoms with Crippen molar-refractivity contribution in [3.63, 3.8) is 0 Å². The van der Waals surface area contributed by atoms with Gasteiger partial charge in [-0.15, -0.1) is 8.78 Å². The number of benzene rings is 2. The lowest BCUT2D eigenvalue weighted by molar-refractivity contribution is -0.121. The number of amides is 1. The first kappa shape index (κ1) is 24.7. The van der Waals surface area contributed by atoms with Crippen LogP contribution >= 0.6 is 0 Å². The second kappa shape index (κ2) is 9.13. The molecule has 0 N–H and O–H groups in total. The van der Waals surface area contributed by atoms with Crippen LogP contribution in [0.15, 0.2) is 48.5 Å². The van der Waals surface area contributed by atoms with Gasteiger partial charge in [-0.1, -0.05) is 25.1 Å². The highest BCUT2D eigenvalue weighted by atomic mass is 32.2. The number of fused-ring (bicyclic) bond motifs is 1. The Bertz CT molecular complexity index is 1190. The summed E-state index contributed by atoms with van der Waals surface area (Å²) in [5, 5.41) is 0. The van der Waals surface area contributed by atoms with Crippen molar-refractivity contribution >= 4 is 39.2 Å². The van der Waals surface area contributed by atoms with Crippen LogP contribution in [-0.2, 0) is 20.0 Å². The Balaban J connectivity index is 0.000000709. The van der Waals surface area contributed by atoms with Crippen LogP contribution in [0.25, 0.3) is 0 Å². The molecule has 9 heteroatoms. The summed E-state index contributed by atoms with van der Waals surface area (Å²) < 4.78 is 43.1. The molecular formula is C24H25F2NO5S. The van der Waals surface area contributed by atoms with Crippen molar-refractivity contribution in [3.8, 4) is 0 Å². The van der Waals surface area contributed by atoms with Gasteiger partial charge in [-0.05, 0) is 61.6 Å². The third kappa shape index (κ3) is 5.19. The van der Waals surface area contributed by atoms with E-state index < -0.39 is 21.5 Å². The predicted octanol–water partition coefficient (Wildman–Crippen LogP) is 4.94. The SMILES string of the molecule is CC1CS(=O)(=O)CC1CC(=O)c1ccc2c(c1)C(C)(C)C(=O)N2c1ccccc1.O=C(F)F. The van der Waals surface area contributed by atoms with Gasteiger partial charge in [0.1, 0.15) is 0 Å². The van der Waals surface area contributed by atoms with Crippen molar-refractivity contribution in [2.75, 3.05) is 16.4 Å². The minimum absolute atomic E-state index is 0.00929. The zero-order chi connectivity index (χ0) is 24.6. The summed E-state index contributed by atoms with van der Waals surface area (Å²) in [6.45, 7) is 5.64. The summed E-state index contributed by atoms with van der Waals surface area (Å²) in [5.74, 6) is -0.0117. The Labute approximate surface area is 191 Å². The lowest BCUT2D eigenvalue weighted by Gasteiger charge is -2.20. The van der Waals surface area contributed by atoms with Crippen molar-refractivity contribution < 1.29 is 31.6 Å². The van der Waals surface area contributed by atoms with E-state index in [-0.39, 0.29) is 41.5 Å². The molecule has 6 nitrogen and oxygen atoms in total. The summed E-state index contributed by atoms with van der Waals surface area (Å²) in [7, 11) is -3.05. The summed E-state index contributed by atoms with van der Waals surface area (Å²) in [4.78, 5) is 35.9. The van der Waals surface area contributed by atoms with Crippen molar-refractivity contribution in [3.05, 3.63) is 59.7 Å². The van der Waals surface area contributed by atoms with E-state index in [1.807, 2.05) is 63.2 Å². The fourth-order valence-corrected chi connectivity index (χ4v) is 6.76. The molecule has 0 spiro atoms. The van der Waals surface area contributed by atoms with Gasteiger partial charge < -0.3 is 0 Å². The lowest BCUT2D eigenvalue weighted by Crippen LogP contribution is -2.33. The highest BCUT2D eigenvalue weighted by molar-refractivity contribution is 7.91. The number of carbonyl (C=O) groups is 3. The number of nitrogens with zero attached hydrogens (tertiary/aromatic N) is 1. The Morgan fingerprint density at radius 1 is 1.06 bits per heavy atom. The van der Waals surface area contributed by atoms with Crippen LogP contribution in [0.2, 0.25) is 0 Å². The highest BCUT2D eigenvalue weighted by Gasteiger charge is 2.45. The molecule has 2 aromatic carbocycles. The Morgan fingerprint density at radius 2 is 1.67 bits per heavy atom. The molecule has 1 fully saturated rings. The second-order valence-corrected chi connectivity index (χ2v) is 11.2. The number of hydrogen-bond donors (Lipinski definition) is 0. The van der Waals surface area contributed by atoms with Crippen LogP contribution in [0.1, 0.15) is 43.1 Å². The zero-order valence-corrected chi connectivity index (χ0v) is 19.4. The van der Waals surface area contributed by atoms with E-state index in [9.17, 15) is 26.8 Å². The smallest absolute Gasteiger partial charge is 0.294 e. The average molecular weight is 478 g/mol. The number of para-hydroxylation sites is 1. The van der Waals surface area contributed by atoms with E-state index in [1.54, 1.807) is 11.0 Å². The number of carbonyl (C=O) groups excluding carboxylic acids is 3. The van der Waals surface area contributed by atoms with Crippen molar-refractivity contribution in [1.82, 2.24) is 0 Å². The Morgan fingerprint density at radius 3 is 2.21 bits per heavy atom. The quantitative estimate of drug-likeness (QED) is 0.460. The molecule has 0 aliphatic carbocycles. The fraction of sp³-hybridized carbons (Fsp3) is 0.375. The highest BCUT2D eigenvalue weighted by Crippen LogP contribution is 2.45. The number of Topliss-reactive ketones (excluding diaryl/α,β-unsaturated/α-hetero) is 1. The van der Waals surface area contributed by atoms with Gasteiger partial charge in [0.15, 0.2) is 15.6 Å². The number of rotatable bonds is 4. The molecular weight excluding hydrogens is 452 g/mol. The van der Waals surface area contributed by atoms with Gasteiger partial charge >= 0.3 is 6.29 Å². The molecule has 2 aliphatic rings. The van der Waals surface area contributed by atoms with Crippen LogP contribution < -0.4 is 4.90 Å². The van der Waals surface area contributed by atoms with E-state index >= 15 is 0 Å². The van der Waals surface area contributed by atoms with E-state index in [1.165, 1.54) is 0 Å². The van der Waals surface area contributed by atoms with Gasteiger partial charge in [0.25, 0.3) is 0 Å². The Hall–Kier alpha value is -2.94. The van der Waals surface area contributed by atoms with E-state index in [0.29, 0.717) is 5.56 Å². The van der Waals surface area contributed by atoms with Gasteiger partial charge in [0.05, 0.1) is 22.6 Å². The number of anilines is 2. The van der Waals surface area contributed by atoms with Crippen molar-refractivity contribution in [2.24, 2.45) is 11.8 Å². The molecule has 2 heterocycles. The summed E-state index contributed by atoms with van der Waals surface area (Å²) >= 11 is 0. The van der Waals surface area contributed by atoms with Crippen LogP contribution in [0.5, 0.6) is 0 Å². The molecule has 33 heavy (non-hydrogen) atoms. The first-order valence-electron chi connectivity index (χ1n) is 10.5. The molecule has 0 radical (unpaired) electrons. The molecule has 2 atom stereocenters. The van der Waals surface area contributed by atoms with E-state index in [0.717, 1.165) is 16.9 Å². The maximum Gasteiger partial charge on any atom is 0.483 e. The molecule has 2 aliphatic heterocycles. The molecule has 2 aromatic rings. The van der Waals surface area contributed by atoms with Gasteiger partial charge in [0.2, 0.25) is 5.91 Å². The van der Waals surface area contributed by atoms with Crippen molar-refractivity contribution in [1.29, 1.82) is 0 Å². The van der Waals surface area contributed by atoms with Gasteiger partial charge in [-0.25, -0.2) is 13.2 Å². The zero-order valence-electron chi connectivity index (χ0n) is 18.5. The van der Waals surface area contributed by atoms with Crippen LogP contribution in [0, 0.1) is 11.8 Å². The monoisotopic (exact) mass is 477 g/mol. The van der Waals surface area contributed by atoms with E-state index in [2.05, 4.69) is 0 Å². The number of halogens is 2. The standard InChI is InChI=1S/C23H25NO4S.CF2O/c1-15-13-29(27,28)14-17(15)12-21(25)16-9-10-20-19(11-16)23(2,3)22(26)24(20)18-7-5-4-6-8-18;2-1(3)4/h4-11,15,17H,12-14H2,1-3H3;. The summed E-state index contributed by atoms with van der Waals surface area (Å²) in [6.07, 6.45) is -2.62.